The zero-order valence-corrected chi connectivity index (χ0v) is 12.5. The number of aromatic nitrogens is 2. The predicted octanol–water partition coefficient (Wildman–Crippen LogP) is 2.33. The lowest BCUT2D eigenvalue weighted by Crippen LogP contribution is -2.21. The Bertz CT molecular complexity index is 396. The molecule has 1 aromatic heterocycles. The highest BCUT2D eigenvalue weighted by atomic mass is 32.2. The number of thioether (sulfide) groups is 1. The standard InChI is InChI=1S/C12H21N3O2S/c1-12(2,3)10-13-14-11(17-10)18-8-6-7-9(16)15(4)5/h6-8H2,1-5H3. The van der Waals surface area contributed by atoms with Crippen molar-refractivity contribution in [3.05, 3.63) is 5.89 Å². The van der Waals surface area contributed by atoms with E-state index in [2.05, 4.69) is 10.2 Å². The third-order valence-electron chi connectivity index (χ3n) is 2.31. The second-order valence-corrected chi connectivity index (χ2v) is 6.41. The number of hydrogen-bond donors (Lipinski definition) is 0. The topological polar surface area (TPSA) is 59.2 Å². The Labute approximate surface area is 112 Å². The van der Waals surface area contributed by atoms with Crippen molar-refractivity contribution in [2.75, 3.05) is 19.8 Å². The molecular weight excluding hydrogens is 250 g/mol. The largest absolute Gasteiger partial charge is 0.415 e. The number of hydrogen-bond acceptors (Lipinski definition) is 5. The summed E-state index contributed by atoms with van der Waals surface area (Å²) in [6.07, 6.45) is 1.37. The van der Waals surface area contributed by atoms with E-state index in [-0.39, 0.29) is 11.3 Å². The molecule has 0 atom stereocenters. The first kappa shape index (κ1) is 15.0. The van der Waals surface area contributed by atoms with E-state index in [0.717, 1.165) is 12.2 Å². The first-order valence-electron chi connectivity index (χ1n) is 5.97. The summed E-state index contributed by atoms with van der Waals surface area (Å²) in [5.41, 5.74) is -0.118. The molecule has 0 N–H and O–H groups in total. The van der Waals surface area contributed by atoms with E-state index >= 15 is 0 Å². The van der Waals surface area contributed by atoms with Crippen LogP contribution in [0.4, 0.5) is 0 Å². The minimum absolute atomic E-state index is 0.118. The molecule has 0 aliphatic carbocycles. The van der Waals surface area contributed by atoms with Crippen LogP contribution in [-0.4, -0.2) is 40.9 Å². The summed E-state index contributed by atoms with van der Waals surface area (Å²) in [5, 5.41) is 8.58. The molecule has 6 heteroatoms. The minimum Gasteiger partial charge on any atom is -0.415 e. The van der Waals surface area contributed by atoms with Crippen LogP contribution in [0.1, 0.15) is 39.5 Å². The second-order valence-electron chi connectivity index (χ2n) is 5.36. The van der Waals surface area contributed by atoms with Crippen molar-refractivity contribution < 1.29 is 9.21 Å². The molecule has 0 radical (unpaired) electrons. The van der Waals surface area contributed by atoms with Gasteiger partial charge in [0.05, 0.1) is 0 Å². The van der Waals surface area contributed by atoms with Crippen molar-refractivity contribution in [2.24, 2.45) is 0 Å². The van der Waals surface area contributed by atoms with Crippen molar-refractivity contribution in [3.63, 3.8) is 0 Å². The molecule has 0 saturated carbocycles. The maximum absolute atomic E-state index is 11.4. The fourth-order valence-corrected chi connectivity index (χ4v) is 1.88. The van der Waals surface area contributed by atoms with Gasteiger partial charge in [0.25, 0.3) is 5.22 Å². The number of carbonyl (C=O) groups excluding carboxylic acids is 1. The van der Waals surface area contributed by atoms with Gasteiger partial charge in [-0.05, 0) is 6.42 Å². The van der Waals surface area contributed by atoms with Crippen LogP contribution in [-0.2, 0) is 10.2 Å². The molecule has 1 heterocycles. The van der Waals surface area contributed by atoms with Crippen LogP contribution < -0.4 is 0 Å². The Morgan fingerprint density at radius 1 is 1.33 bits per heavy atom. The van der Waals surface area contributed by atoms with Crippen LogP contribution in [0.25, 0.3) is 0 Å². The molecule has 1 rings (SSSR count). The fraction of sp³-hybridized carbons (Fsp3) is 0.750. The third-order valence-corrected chi connectivity index (χ3v) is 3.21. The Balaban J connectivity index is 2.32. The zero-order chi connectivity index (χ0) is 13.8. The SMILES string of the molecule is CN(C)C(=O)CCCSc1nnc(C(C)(C)C)o1. The molecule has 0 unspecified atom stereocenters. The lowest BCUT2D eigenvalue weighted by molar-refractivity contribution is -0.128. The van der Waals surface area contributed by atoms with E-state index in [4.69, 9.17) is 4.42 Å². The van der Waals surface area contributed by atoms with E-state index in [1.807, 2.05) is 20.8 Å². The van der Waals surface area contributed by atoms with Gasteiger partial charge in [0.2, 0.25) is 11.8 Å². The lowest BCUT2D eigenvalue weighted by atomic mass is 9.97. The van der Waals surface area contributed by atoms with Crippen molar-refractivity contribution in [1.82, 2.24) is 15.1 Å². The summed E-state index contributed by atoms with van der Waals surface area (Å²) in [4.78, 5) is 13.0. The molecule has 0 spiro atoms. The normalized spacial score (nSPS) is 11.6. The lowest BCUT2D eigenvalue weighted by Gasteiger charge is -2.10. The van der Waals surface area contributed by atoms with E-state index < -0.39 is 0 Å². The molecule has 0 aliphatic rings. The third kappa shape index (κ3) is 4.68. The first-order valence-corrected chi connectivity index (χ1v) is 6.96. The van der Waals surface area contributed by atoms with Crippen molar-refractivity contribution in [3.8, 4) is 0 Å². The number of rotatable bonds is 5. The second kappa shape index (κ2) is 6.22. The van der Waals surface area contributed by atoms with Gasteiger partial charge in [-0.15, -0.1) is 10.2 Å². The maximum Gasteiger partial charge on any atom is 0.276 e. The number of amides is 1. The molecular formula is C12H21N3O2S. The first-order chi connectivity index (χ1) is 8.30. The Morgan fingerprint density at radius 2 is 2.00 bits per heavy atom. The van der Waals surface area contributed by atoms with Crippen LogP contribution in [0.15, 0.2) is 9.64 Å². The summed E-state index contributed by atoms with van der Waals surface area (Å²) < 4.78 is 5.55. The highest BCUT2D eigenvalue weighted by Gasteiger charge is 2.21. The zero-order valence-electron chi connectivity index (χ0n) is 11.7. The van der Waals surface area contributed by atoms with Crippen LogP contribution in [0.2, 0.25) is 0 Å². The minimum atomic E-state index is -0.118. The van der Waals surface area contributed by atoms with Gasteiger partial charge in [0.1, 0.15) is 0 Å². The molecule has 0 fully saturated rings. The van der Waals surface area contributed by atoms with E-state index in [1.54, 1.807) is 19.0 Å². The Morgan fingerprint density at radius 3 is 2.50 bits per heavy atom. The molecule has 1 amide bonds. The van der Waals surface area contributed by atoms with Gasteiger partial charge in [-0.25, -0.2) is 0 Å². The molecule has 0 saturated heterocycles. The maximum atomic E-state index is 11.4. The summed E-state index contributed by atoms with van der Waals surface area (Å²) in [6.45, 7) is 6.10. The molecule has 0 aliphatic heterocycles. The van der Waals surface area contributed by atoms with Crippen LogP contribution in [0.3, 0.4) is 0 Å². The average Bonchev–Trinajstić information content (AvgIpc) is 2.72. The van der Waals surface area contributed by atoms with Gasteiger partial charge in [0, 0.05) is 31.7 Å². The summed E-state index contributed by atoms with van der Waals surface area (Å²) in [6, 6.07) is 0. The van der Waals surface area contributed by atoms with Gasteiger partial charge in [-0.2, -0.15) is 0 Å². The molecule has 18 heavy (non-hydrogen) atoms. The highest BCUT2D eigenvalue weighted by molar-refractivity contribution is 7.99. The molecule has 102 valence electrons. The van der Waals surface area contributed by atoms with E-state index in [1.165, 1.54) is 11.8 Å². The van der Waals surface area contributed by atoms with Gasteiger partial charge >= 0.3 is 0 Å². The fourth-order valence-electron chi connectivity index (χ4n) is 1.18. The predicted molar refractivity (Wildman–Crippen MR) is 71.7 cm³/mol. The number of nitrogens with zero attached hydrogens (tertiary/aromatic N) is 3. The summed E-state index contributed by atoms with van der Waals surface area (Å²) >= 11 is 1.50. The van der Waals surface area contributed by atoms with E-state index in [9.17, 15) is 4.79 Å². The van der Waals surface area contributed by atoms with E-state index in [0.29, 0.717) is 17.5 Å². The monoisotopic (exact) mass is 271 g/mol. The Kier molecular flexibility index (Phi) is 5.19. The summed E-state index contributed by atoms with van der Waals surface area (Å²) in [7, 11) is 3.53. The quantitative estimate of drug-likeness (QED) is 0.607. The van der Waals surface area contributed by atoms with Crippen molar-refractivity contribution >= 4 is 17.7 Å². The van der Waals surface area contributed by atoms with Crippen molar-refractivity contribution in [1.29, 1.82) is 0 Å². The van der Waals surface area contributed by atoms with Gasteiger partial charge in [-0.1, -0.05) is 32.5 Å². The average molecular weight is 271 g/mol. The molecule has 0 bridgehead atoms. The van der Waals surface area contributed by atoms with Crippen LogP contribution in [0.5, 0.6) is 0 Å². The highest BCUT2D eigenvalue weighted by Crippen LogP contribution is 2.25. The van der Waals surface area contributed by atoms with Gasteiger partial charge < -0.3 is 9.32 Å². The number of carbonyl (C=O) groups is 1. The Hall–Kier alpha value is -1.04. The van der Waals surface area contributed by atoms with Gasteiger partial charge in [-0.3, -0.25) is 4.79 Å². The molecule has 0 aromatic carbocycles. The van der Waals surface area contributed by atoms with Gasteiger partial charge in [0.15, 0.2) is 0 Å². The molecule has 5 nitrogen and oxygen atoms in total. The van der Waals surface area contributed by atoms with Crippen LogP contribution in [0, 0.1) is 0 Å². The molecule has 1 aromatic rings. The van der Waals surface area contributed by atoms with Crippen molar-refractivity contribution in [2.45, 2.75) is 44.3 Å². The summed E-state index contributed by atoms with van der Waals surface area (Å²) in [5.74, 6) is 1.61. The smallest absolute Gasteiger partial charge is 0.276 e. The van der Waals surface area contributed by atoms with Crippen LogP contribution >= 0.6 is 11.8 Å².